The zero-order valence-corrected chi connectivity index (χ0v) is 12.8. The summed E-state index contributed by atoms with van der Waals surface area (Å²) in [6, 6.07) is 5.79. The maximum atomic E-state index is 6.23. The molecule has 0 bridgehead atoms. The molecule has 0 saturated heterocycles. The fourth-order valence-electron chi connectivity index (χ4n) is 2.63. The maximum Gasteiger partial charge on any atom is 0.121 e. The van der Waals surface area contributed by atoms with Crippen LogP contribution in [-0.2, 0) is 0 Å². The van der Waals surface area contributed by atoms with Gasteiger partial charge in [-0.1, -0.05) is 31.5 Å². The van der Waals surface area contributed by atoms with Crippen molar-refractivity contribution >= 4 is 11.6 Å². The smallest absolute Gasteiger partial charge is 0.121 e. The number of benzene rings is 1. The van der Waals surface area contributed by atoms with Crippen LogP contribution in [0.3, 0.4) is 0 Å². The Balaban J connectivity index is 1.99. The molecule has 2 N–H and O–H groups in total. The number of ether oxygens (including phenoxy) is 1. The third-order valence-corrected chi connectivity index (χ3v) is 4.38. The van der Waals surface area contributed by atoms with E-state index in [0.717, 1.165) is 24.2 Å². The number of rotatable bonds is 3. The van der Waals surface area contributed by atoms with Gasteiger partial charge in [0.2, 0.25) is 0 Å². The molecule has 1 aliphatic carbocycles. The first-order valence-electron chi connectivity index (χ1n) is 7.09. The second-order valence-electron chi connectivity index (χ2n) is 6.45. The van der Waals surface area contributed by atoms with Gasteiger partial charge in [0.1, 0.15) is 5.75 Å². The molecule has 0 aliphatic heterocycles. The lowest BCUT2D eigenvalue weighted by Gasteiger charge is -2.34. The molecule has 1 aliphatic rings. The fraction of sp³-hybridized carbons (Fsp3) is 0.625. The van der Waals surface area contributed by atoms with Crippen LogP contribution in [-0.4, -0.2) is 6.10 Å². The van der Waals surface area contributed by atoms with Gasteiger partial charge in [0.05, 0.1) is 6.10 Å². The maximum absolute atomic E-state index is 6.23. The number of nitrogens with two attached hydrogens (primary N) is 1. The van der Waals surface area contributed by atoms with Crippen LogP contribution in [0.25, 0.3) is 0 Å². The summed E-state index contributed by atoms with van der Waals surface area (Å²) in [6.45, 7) is 6.60. The summed E-state index contributed by atoms with van der Waals surface area (Å²) in [5.41, 5.74) is 7.29. The van der Waals surface area contributed by atoms with Gasteiger partial charge in [-0.25, -0.2) is 0 Å². The van der Waals surface area contributed by atoms with Gasteiger partial charge >= 0.3 is 0 Å². The molecular weight excluding hydrogens is 258 g/mol. The van der Waals surface area contributed by atoms with Crippen molar-refractivity contribution in [3.63, 3.8) is 0 Å². The summed E-state index contributed by atoms with van der Waals surface area (Å²) >= 11 is 6.23. The van der Waals surface area contributed by atoms with Crippen molar-refractivity contribution in [2.75, 3.05) is 0 Å². The summed E-state index contributed by atoms with van der Waals surface area (Å²) in [7, 11) is 0. The van der Waals surface area contributed by atoms with Crippen LogP contribution in [0.15, 0.2) is 18.2 Å². The molecule has 0 amide bonds. The molecule has 0 heterocycles. The third-order valence-electron chi connectivity index (χ3n) is 4.05. The largest absolute Gasteiger partial charge is 0.490 e. The lowest BCUT2D eigenvalue weighted by molar-refractivity contribution is 0.0987. The minimum absolute atomic E-state index is 0.0444. The predicted octanol–water partition coefficient (Wildman–Crippen LogP) is 4.71. The van der Waals surface area contributed by atoms with E-state index in [2.05, 4.69) is 13.8 Å². The van der Waals surface area contributed by atoms with Crippen LogP contribution in [0, 0.1) is 5.41 Å². The Hall–Kier alpha value is -0.730. The summed E-state index contributed by atoms with van der Waals surface area (Å²) in [5, 5.41) is 0.698. The van der Waals surface area contributed by atoms with E-state index < -0.39 is 0 Å². The first-order chi connectivity index (χ1) is 8.87. The average Bonchev–Trinajstić information content (AvgIpc) is 2.31. The summed E-state index contributed by atoms with van der Waals surface area (Å²) in [4.78, 5) is 0. The quantitative estimate of drug-likeness (QED) is 0.871. The van der Waals surface area contributed by atoms with Crippen LogP contribution in [0.2, 0.25) is 5.02 Å². The number of hydrogen-bond acceptors (Lipinski definition) is 2. The Labute approximate surface area is 121 Å². The number of halogens is 1. The van der Waals surface area contributed by atoms with Crippen molar-refractivity contribution in [1.29, 1.82) is 0 Å². The summed E-state index contributed by atoms with van der Waals surface area (Å²) in [6.07, 6.45) is 5.02. The topological polar surface area (TPSA) is 35.2 Å². The molecule has 1 fully saturated rings. The Morgan fingerprint density at radius 2 is 1.95 bits per heavy atom. The summed E-state index contributed by atoms with van der Waals surface area (Å²) in [5.74, 6) is 0.860. The third kappa shape index (κ3) is 3.87. The average molecular weight is 282 g/mol. The van der Waals surface area contributed by atoms with Crippen molar-refractivity contribution in [1.82, 2.24) is 0 Å². The van der Waals surface area contributed by atoms with E-state index in [-0.39, 0.29) is 6.04 Å². The molecule has 2 nitrogen and oxygen atoms in total. The molecular formula is C16H24ClNO. The zero-order valence-electron chi connectivity index (χ0n) is 12.1. The van der Waals surface area contributed by atoms with Crippen LogP contribution < -0.4 is 10.5 Å². The van der Waals surface area contributed by atoms with Gasteiger partial charge < -0.3 is 10.5 Å². The molecule has 0 aromatic heterocycles. The van der Waals surface area contributed by atoms with E-state index in [9.17, 15) is 0 Å². The van der Waals surface area contributed by atoms with Gasteiger partial charge in [-0.15, -0.1) is 0 Å². The van der Waals surface area contributed by atoms with Crippen LogP contribution in [0.1, 0.15) is 58.1 Å². The SMILES string of the molecule is CC(N)c1ccc(OC2CCC(C)(C)CC2)cc1Cl. The molecule has 0 radical (unpaired) electrons. The second-order valence-corrected chi connectivity index (χ2v) is 6.86. The van der Waals surface area contributed by atoms with E-state index >= 15 is 0 Å². The molecule has 1 atom stereocenters. The molecule has 19 heavy (non-hydrogen) atoms. The molecule has 106 valence electrons. The molecule has 2 rings (SSSR count). The van der Waals surface area contributed by atoms with Gasteiger partial charge in [-0.3, -0.25) is 0 Å². The molecule has 1 aromatic carbocycles. The van der Waals surface area contributed by atoms with Crippen molar-refractivity contribution in [3.05, 3.63) is 28.8 Å². The van der Waals surface area contributed by atoms with Crippen LogP contribution in [0.4, 0.5) is 0 Å². The highest BCUT2D eigenvalue weighted by Crippen LogP contribution is 2.37. The molecule has 1 saturated carbocycles. The summed E-state index contributed by atoms with van der Waals surface area (Å²) < 4.78 is 6.04. The molecule has 0 spiro atoms. The minimum atomic E-state index is -0.0444. The molecule has 1 unspecified atom stereocenters. The highest BCUT2D eigenvalue weighted by Gasteiger charge is 2.27. The fourth-order valence-corrected chi connectivity index (χ4v) is 2.98. The highest BCUT2D eigenvalue weighted by atomic mass is 35.5. The number of hydrogen-bond donors (Lipinski definition) is 1. The Kier molecular flexibility index (Phi) is 4.42. The van der Waals surface area contributed by atoms with Crippen molar-refractivity contribution < 1.29 is 4.74 Å². The lowest BCUT2D eigenvalue weighted by atomic mass is 9.76. The predicted molar refractivity (Wildman–Crippen MR) is 80.7 cm³/mol. The van der Waals surface area contributed by atoms with Crippen LogP contribution in [0.5, 0.6) is 5.75 Å². The molecule has 3 heteroatoms. The Morgan fingerprint density at radius 3 is 2.47 bits per heavy atom. The molecule has 1 aromatic rings. The first-order valence-corrected chi connectivity index (χ1v) is 7.47. The van der Waals surface area contributed by atoms with E-state index in [1.807, 2.05) is 25.1 Å². The highest BCUT2D eigenvalue weighted by molar-refractivity contribution is 6.31. The van der Waals surface area contributed by atoms with Gasteiger partial charge in [0, 0.05) is 11.1 Å². The van der Waals surface area contributed by atoms with Crippen molar-refractivity contribution in [2.45, 2.75) is 58.6 Å². The second kappa shape index (κ2) is 5.72. The first kappa shape index (κ1) is 14.7. The Morgan fingerprint density at radius 1 is 1.32 bits per heavy atom. The normalized spacial score (nSPS) is 21.1. The standard InChI is InChI=1S/C16H24ClNO/c1-11(18)14-5-4-13(10-15(14)17)19-12-6-8-16(2,3)9-7-12/h4-5,10-12H,6-9,18H2,1-3H3. The van der Waals surface area contributed by atoms with Crippen molar-refractivity contribution in [3.8, 4) is 5.75 Å². The van der Waals surface area contributed by atoms with E-state index in [1.54, 1.807) is 0 Å². The zero-order chi connectivity index (χ0) is 14.0. The van der Waals surface area contributed by atoms with Gasteiger partial charge in [0.25, 0.3) is 0 Å². The van der Waals surface area contributed by atoms with Crippen LogP contribution >= 0.6 is 11.6 Å². The lowest BCUT2D eigenvalue weighted by Crippen LogP contribution is -2.28. The monoisotopic (exact) mass is 281 g/mol. The van der Waals surface area contributed by atoms with E-state index in [1.165, 1.54) is 12.8 Å². The van der Waals surface area contributed by atoms with Gasteiger partial charge in [-0.05, 0) is 55.7 Å². The van der Waals surface area contributed by atoms with E-state index in [0.29, 0.717) is 16.5 Å². The van der Waals surface area contributed by atoms with Gasteiger partial charge in [-0.2, -0.15) is 0 Å². The minimum Gasteiger partial charge on any atom is -0.490 e. The van der Waals surface area contributed by atoms with Gasteiger partial charge in [0.15, 0.2) is 0 Å². The van der Waals surface area contributed by atoms with Crippen molar-refractivity contribution in [2.24, 2.45) is 11.1 Å². The van der Waals surface area contributed by atoms with E-state index in [4.69, 9.17) is 22.1 Å². The Bertz CT molecular complexity index is 432.